The number of rotatable bonds is 7. The van der Waals surface area contributed by atoms with Gasteiger partial charge in [0.15, 0.2) is 6.61 Å². The summed E-state index contributed by atoms with van der Waals surface area (Å²) in [4.78, 5) is 24.0. The second-order valence-corrected chi connectivity index (χ2v) is 6.17. The average molecular weight is 378 g/mol. The fourth-order valence-corrected chi connectivity index (χ4v) is 2.56. The van der Waals surface area contributed by atoms with Gasteiger partial charge in [-0.15, -0.1) is 0 Å². The molecule has 144 valence electrons. The number of nitrogens with one attached hydrogen (secondary N) is 2. The van der Waals surface area contributed by atoms with Crippen LogP contribution in [0.3, 0.4) is 0 Å². The van der Waals surface area contributed by atoms with Gasteiger partial charge in [0.2, 0.25) is 0 Å². The summed E-state index contributed by atoms with van der Waals surface area (Å²) in [5.74, 6) is 0.416. The smallest absolute Gasteiger partial charge is 0.276 e. The summed E-state index contributed by atoms with van der Waals surface area (Å²) < 4.78 is 11.0. The highest BCUT2D eigenvalue weighted by Crippen LogP contribution is 2.20. The highest BCUT2D eigenvalue weighted by atomic mass is 16.5. The van der Waals surface area contributed by atoms with E-state index in [1.165, 1.54) is 0 Å². The van der Waals surface area contributed by atoms with Gasteiger partial charge in [0.25, 0.3) is 11.8 Å². The quantitative estimate of drug-likeness (QED) is 0.617. The number of ether oxygens (including phenoxy) is 2. The summed E-state index contributed by atoms with van der Waals surface area (Å²) in [5, 5.41) is 2.12. The van der Waals surface area contributed by atoms with Crippen molar-refractivity contribution in [2.75, 3.05) is 13.2 Å². The van der Waals surface area contributed by atoms with E-state index < -0.39 is 11.8 Å². The minimum Gasteiger partial charge on any atom is -0.494 e. The molecule has 6 nitrogen and oxygen atoms in total. The fourth-order valence-electron chi connectivity index (χ4n) is 2.56. The minimum atomic E-state index is -0.454. The van der Waals surface area contributed by atoms with Crippen molar-refractivity contribution in [3.05, 3.63) is 72.3 Å². The van der Waals surface area contributed by atoms with Crippen LogP contribution in [0, 0.1) is 0 Å². The summed E-state index contributed by atoms with van der Waals surface area (Å²) in [6, 6.07) is 20.2. The van der Waals surface area contributed by atoms with Crippen LogP contribution >= 0.6 is 0 Å². The first-order chi connectivity index (χ1) is 13.7. The van der Waals surface area contributed by atoms with E-state index in [0.29, 0.717) is 23.7 Å². The lowest BCUT2D eigenvalue weighted by Gasteiger charge is -2.10. The van der Waals surface area contributed by atoms with E-state index in [9.17, 15) is 9.59 Å². The molecule has 3 aromatic rings. The largest absolute Gasteiger partial charge is 0.494 e. The lowest BCUT2D eigenvalue weighted by molar-refractivity contribution is -0.123. The van der Waals surface area contributed by atoms with E-state index in [-0.39, 0.29) is 6.61 Å². The van der Waals surface area contributed by atoms with Crippen LogP contribution < -0.4 is 20.3 Å². The second-order valence-electron chi connectivity index (χ2n) is 6.17. The maximum atomic E-state index is 12.1. The maximum Gasteiger partial charge on any atom is 0.276 e. The van der Waals surface area contributed by atoms with E-state index >= 15 is 0 Å². The number of amides is 2. The van der Waals surface area contributed by atoms with Gasteiger partial charge in [-0.25, -0.2) is 0 Å². The van der Waals surface area contributed by atoms with Crippen LogP contribution in [0.25, 0.3) is 10.8 Å². The molecule has 0 atom stereocenters. The highest BCUT2D eigenvalue weighted by molar-refractivity contribution is 5.95. The van der Waals surface area contributed by atoms with Gasteiger partial charge in [-0.3, -0.25) is 20.4 Å². The van der Waals surface area contributed by atoms with Gasteiger partial charge in [0.05, 0.1) is 6.61 Å². The molecule has 6 heteroatoms. The van der Waals surface area contributed by atoms with Crippen molar-refractivity contribution in [3.63, 3.8) is 0 Å². The fraction of sp³-hybridized carbons (Fsp3) is 0.182. The molecule has 0 spiro atoms. The molecule has 2 amide bonds. The van der Waals surface area contributed by atoms with Gasteiger partial charge in [-0.2, -0.15) is 0 Å². The first-order valence-electron chi connectivity index (χ1n) is 9.09. The van der Waals surface area contributed by atoms with Gasteiger partial charge in [-0.05, 0) is 53.6 Å². The molecule has 0 unspecified atom stereocenters. The molecule has 3 aromatic carbocycles. The van der Waals surface area contributed by atoms with Crippen molar-refractivity contribution in [1.82, 2.24) is 10.9 Å². The monoisotopic (exact) mass is 378 g/mol. The zero-order valence-electron chi connectivity index (χ0n) is 15.6. The Morgan fingerprint density at radius 1 is 0.821 bits per heavy atom. The van der Waals surface area contributed by atoms with Gasteiger partial charge in [0.1, 0.15) is 11.5 Å². The normalized spacial score (nSPS) is 10.3. The summed E-state index contributed by atoms with van der Waals surface area (Å²) in [6.07, 6.45) is 0.912. The molecule has 0 aliphatic carbocycles. The van der Waals surface area contributed by atoms with E-state index in [0.717, 1.165) is 17.2 Å². The molecule has 0 fully saturated rings. The highest BCUT2D eigenvalue weighted by Gasteiger charge is 2.08. The molecule has 0 heterocycles. The van der Waals surface area contributed by atoms with Crippen LogP contribution in [-0.2, 0) is 4.79 Å². The topological polar surface area (TPSA) is 76.7 Å². The number of carbonyl (C=O) groups is 2. The Bertz CT molecular complexity index is 954. The van der Waals surface area contributed by atoms with E-state index in [1.807, 2.05) is 43.3 Å². The van der Waals surface area contributed by atoms with Gasteiger partial charge in [0, 0.05) is 5.56 Å². The Morgan fingerprint density at radius 3 is 2.29 bits per heavy atom. The molecule has 0 bridgehead atoms. The van der Waals surface area contributed by atoms with Crippen molar-refractivity contribution >= 4 is 22.6 Å². The second kappa shape index (κ2) is 9.41. The third-order valence-corrected chi connectivity index (χ3v) is 4.00. The SMILES string of the molecule is CCCOc1ccc(C(=O)NNC(=O)COc2ccc3ccccc3c2)cc1. The number of hydrogen-bond donors (Lipinski definition) is 2. The predicted molar refractivity (Wildman–Crippen MR) is 107 cm³/mol. The Hall–Kier alpha value is -3.54. The Labute approximate surface area is 163 Å². The molecule has 0 aliphatic heterocycles. The predicted octanol–water partition coefficient (Wildman–Crippen LogP) is 3.47. The lowest BCUT2D eigenvalue weighted by Crippen LogP contribution is -2.43. The van der Waals surface area contributed by atoms with Crippen molar-refractivity contribution in [3.8, 4) is 11.5 Å². The number of hydrazine groups is 1. The van der Waals surface area contributed by atoms with Crippen molar-refractivity contribution in [1.29, 1.82) is 0 Å². The zero-order chi connectivity index (χ0) is 19.8. The molecule has 0 saturated heterocycles. The van der Waals surface area contributed by atoms with Crippen LogP contribution in [0.1, 0.15) is 23.7 Å². The van der Waals surface area contributed by atoms with Gasteiger partial charge in [-0.1, -0.05) is 37.3 Å². The molecule has 0 radical (unpaired) electrons. The van der Waals surface area contributed by atoms with Crippen molar-refractivity contribution in [2.24, 2.45) is 0 Å². The number of fused-ring (bicyclic) bond motifs is 1. The molecular weight excluding hydrogens is 356 g/mol. The van der Waals surface area contributed by atoms with Crippen molar-refractivity contribution < 1.29 is 19.1 Å². The first-order valence-corrected chi connectivity index (χ1v) is 9.09. The maximum absolute atomic E-state index is 12.1. The molecule has 3 rings (SSSR count). The Kier molecular flexibility index (Phi) is 6.46. The summed E-state index contributed by atoms with van der Waals surface area (Å²) in [5.41, 5.74) is 5.13. The number of benzene rings is 3. The van der Waals surface area contributed by atoms with Gasteiger partial charge < -0.3 is 9.47 Å². The molecule has 0 aliphatic rings. The molecule has 2 N–H and O–H groups in total. The zero-order valence-corrected chi connectivity index (χ0v) is 15.6. The van der Waals surface area contributed by atoms with Gasteiger partial charge >= 0.3 is 0 Å². The summed E-state index contributed by atoms with van der Waals surface area (Å²) in [7, 11) is 0. The van der Waals surface area contributed by atoms with Crippen LogP contribution in [0.2, 0.25) is 0 Å². The van der Waals surface area contributed by atoms with Crippen LogP contribution in [0.15, 0.2) is 66.7 Å². The minimum absolute atomic E-state index is 0.206. The molecule has 0 saturated carbocycles. The van der Waals surface area contributed by atoms with E-state index in [4.69, 9.17) is 9.47 Å². The summed E-state index contributed by atoms with van der Waals surface area (Å²) >= 11 is 0. The molecular formula is C22H22N2O4. The third kappa shape index (κ3) is 5.23. The van der Waals surface area contributed by atoms with Crippen molar-refractivity contribution in [2.45, 2.75) is 13.3 Å². The molecule has 0 aromatic heterocycles. The standard InChI is InChI=1S/C22H22N2O4/c1-2-13-27-19-10-8-17(9-11-19)22(26)24-23-21(25)15-28-20-12-7-16-5-3-4-6-18(16)14-20/h3-12,14H,2,13,15H2,1H3,(H,23,25)(H,24,26). The Morgan fingerprint density at radius 2 is 1.54 bits per heavy atom. The lowest BCUT2D eigenvalue weighted by atomic mass is 10.1. The van der Waals surface area contributed by atoms with E-state index in [1.54, 1.807) is 30.3 Å². The van der Waals surface area contributed by atoms with E-state index in [2.05, 4.69) is 10.9 Å². The summed E-state index contributed by atoms with van der Waals surface area (Å²) in [6.45, 7) is 2.44. The number of hydrogen-bond acceptors (Lipinski definition) is 4. The number of carbonyl (C=O) groups excluding carboxylic acids is 2. The third-order valence-electron chi connectivity index (χ3n) is 4.00. The average Bonchev–Trinajstić information content (AvgIpc) is 2.74. The molecule has 28 heavy (non-hydrogen) atoms. The van der Waals surface area contributed by atoms with Crippen LogP contribution in [0.5, 0.6) is 11.5 Å². The van der Waals surface area contributed by atoms with Crippen LogP contribution in [-0.4, -0.2) is 25.0 Å². The first kappa shape index (κ1) is 19.2. The Balaban J connectivity index is 1.46. The van der Waals surface area contributed by atoms with Crippen LogP contribution in [0.4, 0.5) is 0 Å².